The van der Waals surface area contributed by atoms with E-state index in [9.17, 15) is 0 Å². The summed E-state index contributed by atoms with van der Waals surface area (Å²) >= 11 is 0. The third-order valence-electron chi connectivity index (χ3n) is 1.93. The summed E-state index contributed by atoms with van der Waals surface area (Å²) in [5, 5.41) is 3.15. The van der Waals surface area contributed by atoms with Gasteiger partial charge in [-0.2, -0.15) is 4.98 Å². The fourth-order valence-corrected chi connectivity index (χ4v) is 1.18. The molecule has 0 unspecified atom stereocenters. The van der Waals surface area contributed by atoms with Crippen molar-refractivity contribution in [3.63, 3.8) is 0 Å². The third-order valence-corrected chi connectivity index (χ3v) is 1.93. The molecule has 1 rings (SSSR count). The van der Waals surface area contributed by atoms with Gasteiger partial charge in [-0.1, -0.05) is 26.2 Å². The highest BCUT2D eigenvalue weighted by atomic mass is 16.4. The lowest BCUT2D eigenvalue weighted by Crippen LogP contribution is -2.01. The molecule has 74 valence electrons. The van der Waals surface area contributed by atoms with Crippen molar-refractivity contribution in [2.45, 2.75) is 39.5 Å². The fourth-order valence-electron chi connectivity index (χ4n) is 1.18. The van der Waals surface area contributed by atoms with Gasteiger partial charge in [0.15, 0.2) is 0 Å². The van der Waals surface area contributed by atoms with Crippen LogP contribution >= 0.6 is 0 Å². The normalized spacial score (nSPS) is 10.3. The van der Waals surface area contributed by atoms with Crippen molar-refractivity contribution in [3.05, 3.63) is 12.0 Å². The van der Waals surface area contributed by atoms with Gasteiger partial charge in [-0.25, -0.2) is 0 Å². The predicted octanol–water partition coefficient (Wildman–Crippen LogP) is 2.98. The Morgan fingerprint density at radius 3 is 2.85 bits per heavy atom. The number of hydrogen-bond donors (Lipinski definition) is 1. The van der Waals surface area contributed by atoms with Crippen molar-refractivity contribution in [3.8, 4) is 0 Å². The van der Waals surface area contributed by atoms with Crippen LogP contribution in [0.4, 0.5) is 6.01 Å². The summed E-state index contributed by atoms with van der Waals surface area (Å²) in [7, 11) is 0. The highest BCUT2D eigenvalue weighted by Crippen LogP contribution is 2.06. The van der Waals surface area contributed by atoms with E-state index in [1.165, 1.54) is 25.7 Å². The van der Waals surface area contributed by atoms with Crippen LogP contribution in [0.25, 0.3) is 0 Å². The first kappa shape index (κ1) is 10.1. The zero-order chi connectivity index (χ0) is 9.52. The SMILES string of the molecule is CCCCCCNc1nc(C)co1. The molecule has 0 atom stereocenters. The first-order valence-electron chi connectivity index (χ1n) is 4.99. The van der Waals surface area contributed by atoms with E-state index in [-0.39, 0.29) is 0 Å². The van der Waals surface area contributed by atoms with Gasteiger partial charge >= 0.3 is 0 Å². The second-order valence-electron chi connectivity index (χ2n) is 3.28. The Morgan fingerprint density at radius 1 is 1.38 bits per heavy atom. The van der Waals surface area contributed by atoms with Crippen molar-refractivity contribution in [2.24, 2.45) is 0 Å². The van der Waals surface area contributed by atoms with Gasteiger partial charge in [-0.05, 0) is 13.3 Å². The van der Waals surface area contributed by atoms with Gasteiger partial charge in [-0.15, -0.1) is 0 Å². The lowest BCUT2D eigenvalue weighted by atomic mass is 10.2. The number of aryl methyl sites for hydroxylation is 1. The minimum atomic E-state index is 0.647. The van der Waals surface area contributed by atoms with Crippen molar-refractivity contribution in [1.29, 1.82) is 0 Å². The minimum absolute atomic E-state index is 0.647. The van der Waals surface area contributed by atoms with Gasteiger partial charge in [0.25, 0.3) is 6.01 Å². The summed E-state index contributed by atoms with van der Waals surface area (Å²) in [5.41, 5.74) is 0.927. The first-order chi connectivity index (χ1) is 6.33. The van der Waals surface area contributed by atoms with E-state index in [4.69, 9.17) is 4.42 Å². The average molecular weight is 182 g/mol. The molecule has 0 aliphatic heterocycles. The molecule has 0 fully saturated rings. The minimum Gasteiger partial charge on any atom is -0.432 e. The maximum absolute atomic E-state index is 5.15. The van der Waals surface area contributed by atoms with Gasteiger partial charge in [0.05, 0.1) is 5.69 Å². The van der Waals surface area contributed by atoms with E-state index >= 15 is 0 Å². The fraction of sp³-hybridized carbons (Fsp3) is 0.700. The summed E-state index contributed by atoms with van der Waals surface area (Å²) in [4.78, 5) is 4.15. The second-order valence-corrected chi connectivity index (χ2v) is 3.28. The van der Waals surface area contributed by atoms with E-state index in [0.717, 1.165) is 12.2 Å². The number of nitrogens with zero attached hydrogens (tertiary/aromatic N) is 1. The Kier molecular flexibility index (Phi) is 4.36. The van der Waals surface area contributed by atoms with Crippen molar-refractivity contribution in [1.82, 2.24) is 4.98 Å². The van der Waals surface area contributed by atoms with Crippen LogP contribution in [0.5, 0.6) is 0 Å². The Bertz CT molecular complexity index is 233. The summed E-state index contributed by atoms with van der Waals surface area (Å²) in [6, 6.07) is 0.647. The largest absolute Gasteiger partial charge is 0.432 e. The van der Waals surface area contributed by atoms with Crippen LogP contribution in [-0.2, 0) is 0 Å². The summed E-state index contributed by atoms with van der Waals surface area (Å²) in [6.07, 6.45) is 6.72. The number of nitrogens with one attached hydrogen (secondary N) is 1. The standard InChI is InChI=1S/C10H18N2O/c1-3-4-5-6-7-11-10-12-9(2)8-13-10/h8H,3-7H2,1-2H3,(H,11,12). The van der Waals surface area contributed by atoms with Gasteiger partial charge < -0.3 is 9.73 Å². The van der Waals surface area contributed by atoms with Gasteiger partial charge in [0, 0.05) is 6.54 Å². The molecule has 3 nitrogen and oxygen atoms in total. The van der Waals surface area contributed by atoms with Crippen molar-refractivity contribution in [2.75, 3.05) is 11.9 Å². The zero-order valence-electron chi connectivity index (χ0n) is 8.47. The highest BCUT2D eigenvalue weighted by molar-refractivity contribution is 5.19. The Hall–Kier alpha value is -0.990. The molecule has 3 heteroatoms. The summed E-state index contributed by atoms with van der Waals surface area (Å²) < 4.78 is 5.15. The number of unbranched alkanes of at least 4 members (excludes halogenated alkanes) is 3. The van der Waals surface area contributed by atoms with Crippen molar-refractivity contribution >= 4 is 6.01 Å². The summed E-state index contributed by atoms with van der Waals surface area (Å²) in [6.45, 7) is 5.09. The predicted molar refractivity (Wildman–Crippen MR) is 53.9 cm³/mol. The molecule has 0 bridgehead atoms. The van der Waals surface area contributed by atoms with Crippen LogP contribution in [0.1, 0.15) is 38.3 Å². The van der Waals surface area contributed by atoms with Crippen LogP contribution < -0.4 is 5.32 Å². The molecule has 0 amide bonds. The molecule has 1 aromatic heterocycles. The number of oxazole rings is 1. The van der Waals surface area contributed by atoms with E-state index in [1.54, 1.807) is 6.26 Å². The third kappa shape index (κ3) is 3.97. The molecule has 0 radical (unpaired) electrons. The lowest BCUT2D eigenvalue weighted by molar-refractivity contribution is 0.566. The molecule has 1 heterocycles. The van der Waals surface area contributed by atoms with E-state index in [2.05, 4.69) is 17.2 Å². The second kappa shape index (κ2) is 5.62. The maximum atomic E-state index is 5.15. The van der Waals surface area contributed by atoms with Crippen LogP contribution in [-0.4, -0.2) is 11.5 Å². The summed E-state index contributed by atoms with van der Waals surface area (Å²) in [5.74, 6) is 0. The molecule has 1 aromatic rings. The number of anilines is 1. The van der Waals surface area contributed by atoms with Gasteiger partial charge in [0.2, 0.25) is 0 Å². The smallest absolute Gasteiger partial charge is 0.294 e. The Labute approximate surface area is 79.5 Å². The first-order valence-corrected chi connectivity index (χ1v) is 4.99. The molecule has 0 spiro atoms. The molecule has 0 aliphatic carbocycles. The molecule has 0 aliphatic rings. The number of rotatable bonds is 6. The van der Waals surface area contributed by atoms with E-state index < -0.39 is 0 Å². The van der Waals surface area contributed by atoms with Crippen LogP contribution in [0, 0.1) is 6.92 Å². The topological polar surface area (TPSA) is 38.1 Å². The monoisotopic (exact) mass is 182 g/mol. The molecule has 13 heavy (non-hydrogen) atoms. The highest BCUT2D eigenvalue weighted by Gasteiger charge is 1.97. The molecule has 0 saturated heterocycles. The van der Waals surface area contributed by atoms with E-state index in [1.807, 2.05) is 6.92 Å². The number of aromatic nitrogens is 1. The quantitative estimate of drug-likeness (QED) is 0.687. The molecular weight excluding hydrogens is 164 g/mol. The van der Waals surface area contributed by atoms with Gasteiger partial charge in [-0.3, -0.25) is 0 Å². The van der Waals surface area contributed by atoms with Crippen LogP contribution in [0.3, 0.4) is 0 Å². The molecule has 0 aromatic carbocycles. The van der Waals surface area contributed by atoms with E-state index in [0.29, 0.717) is 6.01 Å². The average Bonchev–Trinajstić information content (AvgIpc) is 2.51. The number of hydrogen-bond acceptors (Lipinski definition) is 3. The van der Waals surface area contributed by atoms with Crippen molar-refractivity contribution < 1.29 is 4.42 Å². The Balaban J connectivity index is 2.06. The molecule has 1 N–H and O–H groups in total. The molecule has 0 saturated carbocycles. The Morgan fingerprint density at radius 2 is 2.23 bits per heavy atom. The zero-order valence-corrected chi connectivity index (χ0v) is 8.47. The maximum Gasteiger partial charge on any atom is 0.294 e. The van der Waals surface area contributed by atoms with Crippen LogP contribution in [0.2, 0.25) is 0 Å². The van der Waals surface area contributed by atoms with Gasteiger partial charge in [0.1, 0.15) is 6.26 Å². The van der Waals surface area contributed by atoms with Crippen LogP contribution in [0.15, 0.2) is 10.7 Å². The molecular formula is C10H18N2O. The lowest BCUT2D eigenvalue weighted by Gasteiger charge is -2.00.